The summed E-state index contributed by atoms with van der Waals surface area (Å²) in [4.78, 5) is 22.1. The Bertz CT molecular complexity index is 1570. The average Bonchev–Trinajstić information content (AvgIpc) is 3.67. The van der Waals surface area contributed by atoms with Gasteiger partial charge in [0.2, 0.25) is 0 Å². The van der Waals surface area contributed by atoms with Crippen LogP contribution < -0.4 is 4.90 Å². The third-order valence-corrected chi connectivity index (χ3v) is 8.20. The van der Waals surface area contributed by atoms with Crippen molar-refractivity contribution in [2.24, 2.45) is 5.92 Å². The van der Waals surface area contributed by atoms with Crippen molar-refractivity contribution in [1.82, 2.24) is 19.5 Å². The first kappa shape index (κ1) is 23.3. The van der Waals surface area contributed by atoms with Crippen LogP contribution in [0.1, 0.15) is 72.0 Å². The van der Waals surface area contributed by atoms with Gasteiger partial charge in [0.25, 0.3) is 5.91 Å². The number of hydrogen-bond donors (Lipinski definition) is 0. The second-order valence-corrected chi connectivity index (χ2v) is 11.1. The SMILES string of the molecule is CC1CN(c2cc(C(=O)N3CC(F)c4ccccc4C3C)nc3cc(-c4ccc(C5CC5)cc4F)nn23)C1. The summed E-state index contributed by atoms with van der Waals surface area (Å²) in [6.45, 7) is 5.71. The summed E-state index contributed by atoms with van der Waals surface area (Å²) < 4.78 is 31.9. The molecule has 1 saturated carbocycles. The number of carbonyl (C=O) groups excluding carboxylic acids is 1. The molecule has 6 nitrogen and oxygen atoms in total. The van der Waals surface area contributed by atoms with Crippen LogP contribution in [0, 0.1) is 11.7 Å². The van der Waals surface area contributed by atoms with Crippen LogP contribution in [0.2, 0.25) is 0 Å². The van der Waals surface area contributed by atoms with Gasteiger partial charge in [0.1, 0.15) is 23.5 Å². The lowest BCUT2D eigenvalue weighted by Gasteiger charge is -2.39. The van der Waals surface area contributed by atoms with Crippen LogP contribution in [0.4, 0.5) is 14.6 Å². The Balaban J connectivity index is 1.29. The summed E-state index contributed by atoms with van der Waals surface area (Å²) in [7, 11) is 0. The third kappa shape index (κ3) is 3.77. The van der Waals surface area contributed by atoms with E-state index in [1.807, 2.05) is 31.2 Å². The summed E-state index contributed by atoms with van der Waals surface area (Å²) in [6, 6.07) is 15.9. The molecule has 3 aliphatic rings. The predicted molar refractivity (Wildman–Crippen MR) is 141 cm³/mol. The largest absolute Gasteiger partial charge is 0.356 e. The van der Waals surface area contributed by atoms with Crippen LogP contribution >= 0.6 is 0 Å². The number of anilines is 1. The number of carbonyl (C=O) groups is 1. The molecule has 1 amide bonds. The van der Waals surface area contributed by atoms with E-state index in [4.69, 9.17) is 5.10 Å². The van der Waals surface area contributed by atoms with Crippen molar-refractivity contribution in [1.29, 1.82) is 0 Å². The maximum absolute atomic E-state index is 15.1. The molecule has 194 valence electrons. The van der Waals surface area contributed by atoms with E-state index in [1.54, 1.807) is 39.7 Å². The molecule has 2 unspecified atom stereocenters. The van der Waals surface area contributed by atoms with Crippen molar-refractivity contribution in [3.05, 3.63) is 82.8 Å². The topological polar surface area (TPSA) is 53.7 Å². The fourth-order valence-corrected chi connectivity index (χ4v) is 5.90. The molecule has 2 aliphatic heterocycles. The van der Waals surface area contributed by atoms with Gasteiger partial charge in [-0.2, -0.15) is 9.61 Å². The standard InChI is InChI=1S/C30H29F2N5O/c1-17-14-35(15-17)29-13-27(30(38)36-16-25(32)22-6-4-3-5-21(22)18(36)2)33-28-12-26(34-37(28)29)23-10-9-20(11-24(23)31)19-7-8-19/h3-6,9-13,17-19,25H,7-8,14-16H2,1-2H3. The van der Waals surface area contributed by atoms with E-state index >= 15 is 8.78 Å². The second kappa shape index (κ2) is 8.61. The van der Waals surface area contributed by atoms with Crippen molar-refractivity contribution in [3.63, 3.8) is 0 Å². The third-order valence-electron chi connectivity index (χ3n) is 8.20. The lowest BCUT2D eigenvalue weighted by atomic mass is 9.92. The monoisotopic (exact) mass is 513 g/mol. The summed E-state index contributed by atoms with van der Waals surface area (Å²) in [5.74, 6) is 1.09. The number of hydrogen-bond acceptors (Lipinski definition) is 4. The van der Waals surface area contributed by atoms with Crippen LogP contribution in [-0.2, 0) is 0 Å². The number of fused-ring (bicyclic) bond motifs is 2. The number of alkyl halides is 1. The Morgan fingerprint density at radius 1 is 0.974 bits per heavy atom. The number of amides is 1. The highest BCUT2D eigenvalue weighted by atomic mass is 19.1. The lowest BCUT2D eigenvalue weighted by Crippen LogP contribution is -2.46. The van der Waals surface area contributed by atoms with Gasteiger partial charge >= 0.3 is 0 Å². The highest BCUT2D eigenvalue weighted by molar-refractivity contribution is 5.94. The van der Waals surface area contributed by atoms with Crippen molar-refractivity contribution in [2.45, 2.75) is 44.8 Å². The minimum absolute atomic E-state index is 0.0248. The molecule has 8 heteroatoms. The van der Waals surface area contributed by atoms with Crippen molar-refractivity contribution in [3.8, 4) is 11.3 Å². The van der Waals surface area contributed by atoms with Gasteiger partial charge in [-0.3, -0.25) is 4.79 Å². The molecule has 2 aromatic heterocycles. The Morgan fingerprint density at radius 2 is 1.74 bits per heavy atom. The van der Waals surface area contributed by atoms with Gasteiger partial charge in [-0.25, -0.2) is 13.8 Å². The molecule has 0 N–H and O–H groups in total. The molecule has 0 spiro atoms. The van der Waals surface area contributed by atoms with E-state index in [-0.39, 0.29) is 30.0 Å². The number of nitrogens with zero attached hydrogens (tertiary/aromatic N) is 5. The maximum Gasteiger partial charge on any atom is 0.273 e. The van der Waals surface area contributed by atoms with E-state index in [1.165, 1.54) is 0 Å². The molecular formula is C30H29F2N5O. The molecule has 1 saturated heterocycles. The molecule has 7 rings (SSSR count). The van der Waals surface area contributed by atoms with Crippen LogP contribution in [0.15, 0.2) is 54.6 Å². The first-order valence-corrected chi connectivity index (χ1v) is 13.4. The molecule has 1 aliphatic carbocycles. The van der Waals surface area contributed by atoms with Gasteiger partial charge in [0.05, 0.1) is 18.3 Å². The molecule has 38 heavy (non-hydrogen) atoms. The highest BCUT2D eigenvalue weighted by Gasteiger charge is 2.35. The fourth-order valence-electron chi connectivity index (χ4n) is 5.90. The van der Waals surface area contributed by atoms with E-state index in [9.17, 15) is 4.79 Å². The zero-order chi connectivity index (χ0) is 26.1. The average molecular weight is 514 g/mol. The van der Waals surface area contributed by atoms with Gasteiger partial charge in [-0.1, -0.05) is 37.3 Å². The molecular weight excluding hydrogens is 484 g/mol. The molecule has 0 bridgehead atoms. The molecule has 2 atom stereocenters. The Morgan fingerprint density at radius 3 is 2.45 bits per heavy atom. The number of benzene rings is 2. The smallest absolute Gasteiger partial charge is 0.273 e. The van der Waals surface area contributed by atoms with Gasteiger partial charge in [0, 0.05) is 30.8 Å². The number of halogens is 2. The van der Waals surface area contributed by atoms with E-state index in [0.29, 0.717) is 34.3 Å². The van der Waals surface area contributed by atoms with E-state index in [0.717, 1.165) is 42.9 Å². The van der Waals surface area contributed by atoms with E-state index in [2.05, 4.69) is 16.8 Å². The molecule has 4 aromatic rings. The first-order valence-electron chi connectivity index (χ1n) is 13.4. The van der Waals surface area contributed by atoms with Crippen molar-refractivity contribution < 1.29 is 13.6 Å². The Hall–Kier alpha value is -3.81. The normalized spacial score (nSPS) is 21.5. The summed E-state index contributed by atoms with van der Waals surface area (Å²) >= 11 is 0. The predicted octanol–water partition coefficient (Wildman–Crippen LogP) is 6.10. The quantitative estimate of drug-likeness (QED) is 0.331. The minimum Gasteiger partial charge on any atom is -0.356 e. The molecule has 2 aromatic carbocycles. The second-order valence-electron chi connectivity index (χ2n) is 11.1. The van der Waals surface area contributed by atoms with Crippen molar-refractivity contribution in [2.75, 3.05) is 24.5 Å². The molecule has 2 fully saturated rings. The molecule has 4 heterocycles. The zero-order valence-electron chi connectivity index (χ0n) is 21.4. The Kier molecular flexibility index (Phi) is 5.29. The zero-order valence-corrected chi connectivity index (χ0v) is 21.4. The number of rotatable bonds is 4. The summed E-state index contributed by atoms with van der Waals surface area (Å²) in [5, 5.41) is 4.72. The highest BCUT2D eigenvalue weighted by Crippen LogP contribution is 2.41. The van der Waals surface area contributed by atoms with Crippen LogP contribution in [0.25, 0.3) is 16.9 Å². The lowest BCUT2D eigenvalue weighted by molar-refractivity contribution is 0.0585. The fraction of sp³-hybridized carbons (Fsp3) is 0.367. The minimum atomic E-state index is -1.26. The van der Waals surface area contributed by atoms with Gasteiger partial charge in [-0.05, 0) is 60.4 Å². The first-order chi connectivity index (χ1) is 18.4. The summed E-state index contributed by atoms with van der Waals surface area (Å²) in [6.07, 6.45) is 0.958. The van der Waals surface area contributed by atoms with Gasteiger partial charge in [0.15, 0.2) is 5.65 Å². The van der Waals surface area contributed by atoms with Gasteiger partial charge in [-0.15, -0.1) is 0 Å². The summed E-state index contributed by atoms with van der Waals surface area (Å²) in [5.41, 5.74) is 4.07. The van der Waals surface area contributed by atoms with Crippen molar-refractivity contribution >= 4 is 17.4 Å². The van der Waals surface area contributed by atoms with E-state index < -0.39 is 6.17 Å². The maximum atomic E-state index is 15.1. The van der Waals surface area contributed by atoms with Gasteiger partial charge < -0.3 is 9.80 Å². The Labute approximate surface area is 219 Å². The van der Waals surface area contributed by atoms with Crippen LogP contribution in [-0.4, -0.2) is 45.0 Å². The van der Waals surface area contributed by atoms with Crippen LogP contribution in [0.3, 0.4) is 0 Å². The van der Waals surface area contributed by atoms with Crippen LogP contribution in [0.5, 0.6) is 0 Å². The number of aromatic nitrogens is 3. The molecule has 0 radical (unpaired) electrons.